The predicted molar refractivity (Wildman–Crippen MR) is 98.0 cm³/mol. The summed E-state index contributed by atoms with van der Waals surface area (Å²) in [6.07, 6.45) is 3.80. The van der Waals surface area contributed by atoms with Crippen LogP contribution in [0.5, 0.6) is 0 Å². The molecule has 0 fully saturated rings. The molecule has 0 saturated carbocycles. The summed E-state index contributed by atoms with van der Waals surface area (Å²) >= 11 is 0. The zero-order valence-electron chi connectivity index (χ0n) is 15.4. The van der Waals surface area contributed by atoms with E-state index in [0.717, 1.165) is 14.3 Å². The number of hydrogen-bond acceptors (Lipinski definition) is 5. The van der Waals surface area contributed by atoms with Crippen molar-refractivity contribution in [1.29, 1.82) is 0 Å². The van der Waals surface area contributed by atoms with Gasteiger partial charge >= 0.3 is 16.2 Å². The summed E-state index contributed by atoms with van der Waals surface area (Å²) in [5.41, 5.74) is 0.856. The van der Waals surface area contributed by atoms with Crippen LogP contribution in [0.3, 0.4) is 0 Å². The molecule has 1 aliphatic rings. The molecule has 1 heterocycles. The van der Waals surface area contributed by atoms with E-state index in [9.17, 15) is 13.2 Å². The fourth-order valence-electron chi connectivity index (χ4n) is 2.69. The molecule has 0 spiro atoms. The average Bonchev–Trinajstić information content (AvgIpc) is 2.76. The van der Waals surface area contributed by atoms with E-state index in [-0.39, 0.29) is 25.6 Å². The van der Waals surface area contributed by atoms with Gasteiger partial charge < -0.3 is 4.74 Å². The predicted octanol–water partition coefficient (Wildman–Crippen LogP) is 2.12. The van der Waals surface area contributed by atoms with E-state index < -0.39 is 22.2 Å². The molecule has 0 aliphatic carbocycles. The molecular formula is C18H26N2O5S. The summed E-state index contributed by atoms with van der Waals surface area (Å²) in [6, 6.07) is 8.41. The summed E-state index contributed by atoms with van der Waals surface area (Å²) in [6.45, 7) is 4.16. The normalized spacial score (nSPS) is 19.2. The van der Waals surface area contributed by atoms with Crippen LogP contribution in [0.2, 0.25) is 0 Å². The number of ether oxygens (including phenoxy) is 1. The van der Waals surface area contributed by atoms with E-state index in [1.165, 1.54) is 7.11 Å². The van der Waals surface area contributed by atoms with Crippen LogP contribution in [0.4, 0.5) is 0 Å². The minimum absolute atomic E-state index is 0.0846. The summed E-state index contributed by atoms with van der Waals surface area (Å²) in [4.78, 5) is 17.8. The van der Waals surface area contributed by atoms with Crippen LogP contribution in [-0.4, -0.2) is 49.4 Å². The Morgan fingerprint density at radius 3 is 2.42 bits per heavy atom. The highest BCUT2D eigenvalue weighted by molar-refractivity contribution is 7.86. The molecule has 7 nitrogen and oxygen atoms in total. The van der Waals surface area contributed by atoms with Crippen molar-refractivity contribution in [2.45, 2.75) is 32.9 Å². The average molecular weight is 382 g/mol. The van der Waals surface area contributed by atoms with Gasteiger partial charge in [-0.15, -0.1) is 0 Å². The lowest BCUT2D eigenvalue weighted by atomic mass is 10.0. The van der Waals surface area contributed by atoms with E-state index in [2.05, 4.69) is 0 Å². The van der Waals surface area contributed by atoms with Crippen molar-refractivity contribution in [3.05, 3.63) is 48.0 Å². The maximum Gasteiger partial charge on any atom is 0.324 e. The van der Waals surface area contributed by atoms with E-state index in [1.807, 2.05) is 44.2 Å². The fraction of sp³-hybridized carbons (Fsp3) is 0.500. The first-order valence-corrected chi connectivity index (χ1v) is 9.95. The van der Waals surface area contributed by atoms with Gasteiger partial charge in [0.1, 0.15) is 6.04 Å². The Balaban J connectivity index is 2.23. The summed E-state index contributed by atoms with van der Waals surface area (Å²) in [5, 5.41) is 0. The molecule has 144 valence electrons. The third kappa shape index (κ3) is 5.14. The second-order valence-corrected chi connectivity index (χ2v) is 8.23. The monoisotopic (exact) mass is 382 g/mol. The van der Waals surface area contributed by atoms with Gasteiger partial charge in [0.15, 0.2) is 0 Å². The maximum atomic E-state index is 13.1. The van der Waals surface area contributed by atoms with Gasteiger partial charge in [-0.25, -0.2) is 0 Å². The Labute approximate surface area is 155 Å². The van der Waals surface area contributed by atoms with Crippen molar-refractivity contribution in [2.75, 3.05) is 20.2 Å². The van der Waals surface area contributed by atoms with Crippen LogP contribution in [0, 0.1) is 5.92 Å². The van der Waals surface area contributed by atoms with Crippen LogP contribution >= 0.6 is 0 Å². The number of benzene rings is 1. The molecule has 26 heavy (non-hydrogen) atoms. The number of hydroxylamine groups is 1. The molecule has 0 radical (unpaired) electrons. The van der Waals surface area contributed by atoms with Crippen LogP contribution in [0.25, 0.3) is 0 Å². The largest absolute Gasteiger partial charge is 0.468 e. The molecule has 0 saturated heterocycles. The van der Waals surface area contributed by atoms with Crippen LogP contribution in [0.1, 0.15) is 25.8 Å². The summed E-state index contributed by atoms with van der Waals surface area (Å²) < 4.78 is 33.1. The van der Waals surface area contributed by atoms with Gasteiger partial charge in [0.25, 0.3) is 0 Å². The molecule has 8 heteroatoms. The number of rotatable bonds is 7. The van der Waals surface area contributed by atoms with Crippen LogP contribution < -0.4 is 0 Å². The molecule has 2 rings (SSSR count). The van der Waals surface area contributed by atoms with Crippen LogP contribution in [-0.2, 0) is 31.2 Å². The second kappa shape index (κ2) is 9.27. The summed E-state index contributed by atoms with van der Waals surface area (Å²) in [5.74, 6) is -0.444. The molecule has 1 aliphatic heterocycles. The number of esters is 1. The topological polar surface area (TPSA) is 76.2 Å². The highest BCUT2D eigenvalue weighted by Crippen LogP contribution is 2.22. The third-order valence-corrected chi connectivity index (χ3v) is 5.76. The van der Waals surface area contributed by atoms with Gasteiger partial charge in [-0.1, -0.05) is 60.8 Å². The quantitative estimate of drug-likeness (QED) is 0.533. The highest BCUT2D eigenvalue weighted by atomic mass is 32.2. The van der Waals surface area contributed by atoms with Crippen LogP contribution in [0.15, 0.2) is 42.5 Å². The van der Waals surface area contributed by atoms with Gasteiger partial charge in [-0.3, -0.25) is 9.63 Å². The first-order chi connectivity index (χ1) is 12.4. The summed E-state index contributed by atoms with van der Waals surface area (Å²) in [7, 11) is -2.73. The minimum atomic E-state index is -3.99. The molecule has 0 aromatic heterocycles. The second-order valence-electron chi connectivity index (χ2n) is 6.46. The maximum absolute atomic E-state index is 13.1. The Morgan fingerprint density at radius 1 is 1.15 bits per heavy atom. The number of hydrogen-bond donors (Lipinski definition) is 0. The van der Waals surface area contributed by atoms with Gasteiger partial charge in [0.2, 0.25) is 0 Å². The van der Waals surface area contributed by atoms with E-state index in [4.69, 9.17) is 9.57 Å². The van der Waals surface area contributed by atoms with E-state index in [0.29, 0.717) is 6.42 Å². The molecule has 1 atom stereocenters. The standard InChI is InChI=1S/C18H26N2O5S/c1-15(2)13-17(18(21)24-3)19-11-7-8-12-20(26(19,22)23)25-14-16-9-5-4-6-10-16/h4-10,15,17H,11-14H2,1-3H3/t17-/m1/s1. The fourth-order valence-corrected chi connectivity index (χ4v) is 4.15. The Kier molecular flexibility index (Phi) is 7.33. The number of nitrogens with zero attached hydrogens (tertiary/aromatic N) is 2. The van der Waals surface area contributed by atoms with Crippen molar-refractivity contribution in [3.63, 3.8) is 0 Å². The number of methoxy groups -OCH3 is 1. The molecular weight excluding hydrogens is 356 g/mol. The Bertz CT molecular complexity index is 718. The first-order valence-electron chi connectivity index (χ1n) is 8.55. The Morgan fingerprint density at radius 2 is 1.81 bits per heavy atom. The lowest BCUT2D eigenvalue weighted by Crippen LogP contribution is -2.51. The zero-order chi connectivity index (χ0) is 19.2. The molecule has 1 aromatic carbocycles. The van der Waals surface area contributed by atoms with Crippen molar-refractivity contribution in [2.24, 2.45) is 5.92 Å². The SMILES string of the molecule is COC(=O)[C@@H](CC(C)C)N1CC=CCN(OCc2ccccc2)S1(=O)=O. The van der Waals surface area contributed by atoms with Gasteiger partial charge in [0.05, 0.1) is 20.3 Å². The van der Waals surface area contributed by atoms with Crippen molar-refractivity contribution in [3.8, 4) is 0 Å². The molecule has 0 bridgehead atoms. The zero-order valence-corrected chi connectivity index (χ0v) is 16.2. The number of carbonyl (C=O) groups is 1. The first kappa shape index (κ1) is 20.6. The lowest BCUT2D eigenvalue weighted by Gasteiger charge is -2.31. The van der Waals surface area contributed by atoms with Crippen molar-refractivity contribution >= 4 is 16.2 Å². The van der Waals surface area contributed by atoms with Gasteiger partial charge in [-0.05, 0) is 17.9 Å². The third-order valence-electron chi connectivity index (χ3n) is 3.99. The van der Waals surface area contributed by atoms with Crippen molar-refractivity contribution in [1.82, 2.24) is 8.77 Å². The molecule has 1 aromatic rings. The highest BCUT2D eigenvalue weighted by Gasteiger charge is 2.40. The molecule has 0 unspecified atom stereocenters. The van der Waals surface area contributed by atoms with E-state index in [1.54, 1.807) is 12.2 Å². The minimum Gasteiger partial charge on any atom is -0.468 e. The lowest BCUT2D eigenvalue weighted by molar-refractivity contribution is -0.146. The number of carbonyl (C=O) groups excluding carboxylic acids is 1. The Hall–Kier alpha value is -1.74. The van der Waals surface area contributed by atoms with E-state index >= 15 is 0 Å². The smallest absolute Gasteiger partial charge is 0.324 e. The van der Waals surface area contributed by atoms with Crippen molar-refractivity contribution < 1.29 is 22.8 Å². The van der Waals surface area contributed by atoms with Gasteiger partial charge in [-0.2, -0.15) is 12.7 Å². The molecule has 0 N–H and O–H groups in total. The molecule has 0 amide bonds. The van der Waals surface area contributed by atoms with Gasteiger partial charge in [0, 0.05) is 6.54 Å².